The third kappa shape index (κ3) is 1.76. The molecule has 122 valence electrons. The Hall–Kier alpha value is -1.65. The molecule has 1 aromatic heterocycles. The van der Waals surface area contributed by atoms with E-state index in [1.807, 2.05) is 4.90 Å². The van der Waals surface area contributed by atoms with Crippen LogP contribution in [0.5, 0.6) is 5.75 Å². The molecule has 2 saturated carbocycles. The van der Waals surface area contributed by atoms with Crippen molar-refractivity contribution in [1.29, 1.82) is 0 Å². The molecule has 5 heteroatoms. The molecule has 5 rings (SSSR count). The van der Waals surface area contributed by atoms with Crippen molar-refractivity contribution in [2.45, 2.75) is 57.6 Å². The summed E-state index contributed by atoms with van der Waals surface area (Å²) in [6, 6.07) is -0.0683. The van der Waals surface area contributed by atoms with Crippen LogP contribution in [0.3, 0.4) is 0 Å². The standard InChI is InChI=1S/C18H21FN2O2/c1-17-2-4-18(10-17,5-3-17)16(22)21-9-11-6-14(21)12-7-20-8-13(19)15(12)23-11/h7-8,11,14H,2-6,9-10H2,1H3/t11-,14-,17?,18?/m0/s1. The second-order valence-electron chi connectivity index (χ2n) is 8.26. The first-order valence-corrected chi connectivity index (χ1v) is 8.61. The molecule has 1 amide bonds. The van der Waals surface area contributed by atoms with Gasteiger partial charge in [0.05, 0.1) is 18.8 Å². The summed E-state index contributed by atoms with van der Waals surface area (Å²) in [5.41, 5.74) is 0.918. The molecule has 0 spiro atoms. The lowest BCUT2D eigenvalue weighted by Gasteiger charge is -2.34. The van der Waals surface area contributed by atoms with Gasteiger partial charge in [-0.2, -0.15) is 0 Å². The van der Waals surface area contributed by atoms with Gasteiger partial charge < -0.3 is 9.64 Å². The van der Waals surface area contributed by atoms with Gasteiger partial charge in [-0.05, 0) is 37.5 Å². The maximum atomic E-state index is 14.0. The maximum absolute atomic E-state index is 14.0. The van der Waals surface area contributed by atoms with Crippen molar-refractivity contribution < 1.29 is 13.9 Å². The Kier molecular flexibility index (Phi) is 2.54. The Balaban J connectivity index is 1.50. The van der Waals surface area contributed by atoms with Gasteiger partial charge in [0.25, 0.3) is 0 Å². The lowest BCUT2D eigenvalue weighted by Crippen LogP contribution is -2.41. The predicted octanol–water partition coefficient (Wildman–Crippen LogP) is 3.23. The molecule has 2 aliphatic heterocycles. The first-order chi connectivity index (χ1) is 11.0. The van der Waals surface area contributed by atoms with E-state index < -0.39 is 5.82 Å². The molecule has 4 nitrogen and oxygen atoms in total. The number of aromatic nitrogens is 1. The fourth-order valence-corrected chi connectivity index (χ4v) is 5.47. The minimum absolute atomic E-state index is 0.0683. The van der Waals surface area contributed by atoms with Crippen LogP contribution in [0.25, 0.3) is 0 Å². The summed E-state index contributed by atoms with van der Waals surface area (Å²) < 4.78 is 19.8. The van der Waals surface area contributed by atoms with E-state index in [0.29, 0.717) is 17.7 Å². The zero-order valence-electron chi connectivity index (χ0n) is 13.3. The second kappa shape index (κ2) is 4.25. The fraction of sp³-hybridized carbons (Fsp3) is 0.667. The molecule has 2 aliphatic carbocycles. The molecule has 0 aromatic carbocycles. The maximum Gasteiger partial charge on any atom is 0.229 e. The number of hydrogen-bond acceptors (Lipinski definition) is 3. The van der Waals surface area contributed by atoms with Crippen molar-refractivity contribution in [3.05, 3.63) is 23.8 Å². The molecule has 23 heavy (non-hydrogen) atoms. The number of ether oxygens (including phenoxy) is 1. The smallest absolute Gasteiger partial charge is 0.229 e. The summed E-state index contributed by atoms with van der Waals surface area (Å²) in [4.78, 5) is 19.3. The molecule has 1 saturated heterocycles. The van der Waals surface area contributed by atoms with E-state index in [2.05, 4.69) is 11.9 Å². The largest absolute Gasteiger partial charge is 0.485 e. The van der Waals surface area contributed by atoms with E-state index in [1.54, 1.807) is 6.20 Å². The van der Waals surface area contributed by atoms with Crippen molar-refractivity contribution >= 4 is 5.91 Å². The summed E-state index contributed by atoms with van der Waals surface area (Å²) >= 11 is 0. The van der Waals surface area contributed by atoms with Crippen LogP contribution in [-0.4, -0.2) is 28.4 Å². The van der Waals surface area contributed by atoms with Crippen molar-refractivity contribution in [3.63, 3.8) is 0 Å². The second-order valence-corrected chi connectivity index (χ2v) is 8.26. The van der Waals surface area contributed by atoms with E-state index in [1.165, 1.54) is 6.20 Å². The zero-order valence-corrected chi connectivity index (χ0v) is 13.3. The summed E-state index contributed by atoms with van der Waals surface area (Å²) in [6.07, 6.45) is 8.87. The van der Waals surface area contributed by atoms with Crippen LogP contribution in [0.15, 0.2) is 12.4 Å². The normalized spacial score (nSPS) is 40.2. The van der Waals surface area contributed by atoms with Crippen LogP contribution < -0.4 is 4.74 Å². The summed E-state index contributed by atoms with van der Waals surface area (Å²) in [5.74, 6) is 0.155. The van der Waals surface area contributed by atoms with Crippen LogP contribution in [0.1, 0.15) is 57.1 Å². The Morgan fingerprint density at radius 1 is 1.35 bits per heavy atom. The third-order valence-electron chi connectivity index (χ3n) is 6.68. The molecule has 1 aromatic rings. The quantitative estimate of drug-likeness (QED) is 0.799. The average Bonchev–Trinajstić information content (AvgIpc) is 3.18. The number of carbonyl (C=O) groups excluding carboxylic acids is 1. The van der Waals surface area contributed by atoms with Crippen LogP contribution in [0.2, 0.25) is 0 Å². The predicted molar refractivity (Wildman–Crippen MR) is 81.3 cm³/mol. The Morgan fingerprint density at radius 3 is 2.83 bits per heavy atom. The Labute approximate surface area is 135 Å². The van der Waals surface area contributed by atoms with Crippen molar-refractivity contribution in [2.24, 2.45) is 10.8 Å². The van der Waals surface area contributed by atoms with Gasteiger partial charge in [-0.1, -0.05) is 6.92 Å². The number of pyridine rings is 1. The van der Waals surface area contributed by atoms with Gasteiger partial charge >= 0.3 is 0 Å². The molecular weight excluding hydrogens is 295 g/mol. The average molecular weight is 316 g/mol. The van der Waals surface area contributed by atoms with Gasteiger partial charge in [-0.15, -0.1) is 0 Å². The highest BCUT2D eigenvalue weighted by Crippen LogP contribution is 2.62. The number of rotatable bonds is 1. The van der Waals surface area contributed by atoms with E-state index in [9.17, 15) is 9.18 Å². The van der Waals surface area contributed by atoms with Crippen molar-refractivity contribution in [3.8, 4) is 5.75 Å². The SMILES string of the molecule is CC12CCC(C(=O)N3C[C@@H]4C[C@H]3c3cncc(F)c3O4)(CC1)C2. The zero-order chi connectivity index (χ0) is 15.8. The minimum Gasteiger partial charge on any atom is -0.485 e. The van der Waals surface area contributed by atoms with E-state index in [-0.39, 0.29) is 23.5 Å². The summed E-state index contributed by atoms with van der Waals surface area (Å²) in [6.45, 7) is 2.89. The topological polar surface area (TPSA) is 42.4 Å². The lowest BCUT2D eigenvalue weighted by atomic mass is 9.81. The highest BCUT2D eigenvalue weighted by molar-refractivity contribution is 5.84. The van der Waals surface area contributed by atoms with Gasteiger partial charge in [0.2, 0.25) is 5.91 Å². The van der Waals surface area contributed by atoms with E-state index in [0.717, 1.165) is 44.1 Å². The number of likely N-dealkylation sites (tertiary alicyclic amines) is 1. The molecule has 3 heterocycles. The molecular formula is C18H21FN2O2. The molecule has 4 bridgehead atoms. The van der Waals surface area contributed by atoms with Crippen molar-refractivity contribution in [1.82, 2.24) is 9.88 Å². The van der Waals surface area contributed by atoms with Crippen LogP contribution in [-0.2, 0) is 4.79 Å². The fourth-order valence-electron chi connectivity index (χ4n) is 5.47. The Morgan fingerprint density at radius 2 is 2.13 bits per heavy atom. The van der Waals surface area contributed by atoms with Gasteiger partial charge in [-0.3, -0.25) is 9.78 Å². The van der Waals surface area contributed by atoms with Crippen LogP contribution in [0.4, 0.5) is 4.39 Å². The molecule has 0 N–H and O–H groups in total. The monoisotopic (exact) mass is 316 g/mol. The molecule has 3 fully saturated rings. The van der Waals surface area contributed by atoms with Crippen LogP contribution >= 0.6 is 0 Å². The molecule has 0 unspecified atom stereocenters. The number of amides is 1. The first kappa shape index (κ1) is 13.8. The number of halogens is 1. The van der Waals surface area contributed by atoms with E-state index >= 15 is 0 Å². The van der Waals surface area contributed by atoms with Gasteiger partial charge in [0.15, 0.2) is 11.6 Å². The number of hydrogen-bond donors (Lipinski definition) is 0. The van der Waals surface area contributed by atoms with Gasteiger partial charge in [0.1, 0.15) is 6.10 Å². The summed E-state index contributed by atoms with van der Waals surface area (Å²) in [7, 11) is 0. The lowest BCUT2D eigenvalue weighted by molar-refractivity contribution is -0.142. The van der Waals surface area contributed by atoms with Gasteiger partial charge in [-0.25, -0.2) is 4.39 Å². The third-order valence-corrected chi connectivity index (χ3v) is 6.68. The molecule has 0 radical (unpaired) electrons. The Bertz CT molecular complexity index is 696. The number of carbonyl (C=O) groups is 1. The molecule has 4 aliphatic rings. The minimum atomic E-state index is -0.418. The van der Waals surface area contributed by atoms with Gasteiger partial charge in [0, 0.05) is 23.6 Å². The highest BCUT2D eigenvalue weighted by Gasteiger charge is 2.58. The first-order valence-electron chi connectivity index (χ1n) is 8.61. The van der Waals surface area contributed by atoms with Crippen molar-refractivity contribution in [2.75, 3.05) is 6.54 Å². The number of fused-ring (bicyclic) bond motifs is 6. The molecule has 2 atom stereocenters. The van der Waals surface area contributed by atoms with E-state index in [4.69, 9.17) is 4.74 Å². The van der Waals surface area contributed by atoms with Crippen LogP contribution in [0, 0.1) is 16.6 Å². The number of nitrogens with zero attached hydrogens (tertiary/aromatic N) is 2. The summed E-state index contributed by atoms with van der Waals surface area (Å²) in [5, 5.41) is 0. The highest BCUT2D eigenvalue weighted by atomic mass is 19.1.